The van der Waals surface area contributed by atoms with Gasteiger partial charge in [0, 0.05) is 40.9 Å². The van der Waals surface area contributed by atoms with Crippen molar-refractivity contribution in [3.8, 4) is 0 Å². The van der Waals surface area contributed by atoms with Gasteiger partial charge in [0.25, 0.3) is 5.79 Å². The summed E-state index contributed by atoms with van der Waals surface area (Å²) in [6.07, 6.45) is 7.30. The molecule has 3 N–H and O–H groups in total. The van der Waals surface area contributed by atoms with Crippen molar-refractivity contribution in [2.45, 2.75) is 118 Å². The summed E-state index contributed by atoms with van der Waals surface area (Å²) < 4.78 is 24.4. The Bertz CT molecular complexity index is 1280. The largest absolute Gasteiger partial charge is 0.458 e. The Kier molecular flexibility index (Phi) is 5.96. The van der Waals surface area contributed by atoms with Crippen LogP contribution in [0.1, 0.15) is 71.6 Å². The fourth-order valence-electron chi connectivity index (χ4n) is 10.9. The van der Waals surface area contributed by atoms with Crippen molar-refractivity contribution < 1.29 is 43.9 Å². The molecule has 0 aromatic rings. The topological polar surface area (TPSA) is 144 Å². The van der Waals surface area contributed by atoms with E-state index in [0.717, 1.165) is 19.1 Å². The molecule has 0 radical (unpaired) electrons. The van der Waals surface area contributed by atoms with Crippen molar-refractivity contribution in [2.75, 3.05) is 12.4 Å². The number of hydrogen-bond donors (Lipinski definition) is 3. The minimum absolute atomic E-state index is 0.0477. The van der Waals surface area contributed by atoms with Crippen LogP contribution >= 0.6 is 11.8 Å². The van der Waals surface area contributed by atoms with E-state index in [1.165, 1.54) is 6.08 Å². The summed E-state index contributed by atoms with van der Waals surface area (Å²) in [7, 11) is 0. The molecule has 1 spiro atoms. The normalized spacial score (nSPS) is 57.9. The highest BCUT2D eigenvalue weighted by Crippen LogP contribution is 2.71. The van der Waals surface area contributed by atoms with E-state index in [-0.39, 0.29) is 36.6 Å². The van der Waals surface area contributed by atoms with Gasteiger partial charge in [-0.3, -0.25) is 4.99 Å². The van der Waals surface area contributed by atoms with Gasteiger partial charge in [-0.2, -0.15) is 0 Å². The lowest BCUT2D eigenvalue weighted by Crippen LogP contribution is -2.73. The van der Waals surface area contributed by atoms with Crippen LogP contribution in [0.15, 0.2) is 16.6 Å². The molecule has 4 aliphatic carbocycles. The van der Waals surface area contributed by atoms with Crippen molar-refractivity contribution in [3.05, 3.63) is 11.6 Å². The Balaban J connectivity index is 1.12. The maximum Gasteiger partial charge on any atom is 0.331 e. The van der Waals surface area contributed by atoms with Gasteiger partial charge in [0.2, 0.25) is 6.29 Å². The average Bonchev–Trinajstić information content (AvgIpc) is 3.67. The number of ether oxygens (including phenoxy) is 4. The van der Waals surface area contributed by atoms with Gasteiger partial charge >= 0.3 is 5.97 Å². The van der Waals surface area contributed by atoms with Crippen LogP contribution < -0.4 is 0 Å². The van der Waals surface area contributed by atoms with Gasteiger partial charge in [-0.1, -0.05) is 6.92 Å². The van der Waals surface area contributed by atoms with Crippen LogP contribution in [0.4, 0.5) is 0 Å². The zero-order valence-electron chi connectivity index (χ0n) is 24.2. The van der Waals surface area contributed by atoms with E-state index < -0.39 is 51.1 Å². The van der Waals surface area contributed by atoms with Gasteiger partial charge < -0.3 is 39.1 Å². The molecule has 13 unspecified atom stereocenters. The lowest BCUT2D eigenvalue weighted by molar-refractivity contribution is -0.445. The van der Waals surface area contributed by atoms with Crippen LogP contribution in [0.2, 0.25) is 0 Å². The van der Waals surface area contributed by atoms with E-state index in [9.17, 15) is 24.9 Å². The van der Waals surface area contributed by atoms with Gasteiger partial charge in [0.1, 0.15) is 12.9 Å². The Morgan fingerprint density at radius 3 is 2.60 bits per heavy atom. The molecule has 4 aliphatic heterocycles. The predicted octanol–water partition coefficient (Wildman–Crippen LogP) is 2.27. The average molecular weight is 604 g/mol. The molecule has 0 aromatic heterocycles. The lowest BCUT2D eigenvalue weighted by atomic mass is 9.42. The standard InChI is InChI=1S/C31H41NO9S/c1-17-13-30(32-9-10-42-30)31(37)25(39-17)40-22-11-18-3-4-21-20(27(18,16-33)14-23(22)41-31)5-6-26(2)28(35,7-8-29(21,26)36)19-12-24(34)38-15-19/h9,12,16-18,20-23,25,35-37H,3-8,10-11,13-15H2,1-2H3. The Morgan fingerprint density at radius 1 is 1.05 bits per heavy atom. The van der Waals surface area contributed by atoms with Gasteiger partial charge in [-0.15, -0.1) is 11.8 Å². The van der Waals surface area contributed by atoms with E-state index in [0.29, 0.717) is 56.3 Å². The maximum atomic E-state index is 13.3. The number of carbonyl (C=O) groups is 2. The highest BCUT2D eigenvalue weighted by Gasteiger charge is 2.75. The van der Waals surface area contributed by atoms with E-state index in [1.54, 1.807) is 11.8 Å². The van der Waals surface area contributed by atoms with Crippen molar-refractivity contribution in [1.29, 1.82) is 0 Å². The Labute approximate surface area is 249 Å². The highest BCUT2D eigenvalue weighted by atomic mass is 32.2. The van der Waals surface area contributed by atoms with Gasteiger partial charge in [-0.05, 0) is 76.0 Å². The molecule has 0 aromatic carbocycles. The van der Waals surface area contributed by atoms with Gasteiger partial charge in [0.05, 0.1) is 29.5 Å². The van der Waals surface area contributed by atoms with Crippen LogP contribution in [0, 0.1) is 28.6 Å². The summed E-state index contributed by atoms with van der Waals surface area (Å²) in [5.41, 5.74) is -3.62. The number of thioether (sulfide) groups is 1. The van der Waals surface area contributed by atoms with E-state index >= 15 is 0 Å². The molecule has 8 rings (SSSR count). The molecule has 42 heavy (non-hydrogen) atoms. The minimum atomic E-state index is -1.77. The molecule has 8 aliphatic rings. The van der Waals surface area contributed by atoms with Crippen molar-refractivity contribution >= 4 is 30.2 Å². The Hall–Kier alpha value is -1.34. The number of cyclic esters (lactones) is 1. The van der Waals surface area contributed by atoms with Crippen molar-refractivity contribution in [2.24, 2.45) is 33.6 Å². The van der Waals surface area contributed by atoms with Gasteiger partial charge in [-0.25, -0.2) is 4.79 Å². The SMILES string of the molecule is CC1CC2(N=CCS2)C2(O)OC3CC4(C=O)C(CCC5C4CCC4(C)C(O)(C6=CC(=O)OC6)CCC54O)CC3OC2O1. The second-order valence-corrected chi connectivity index (χ2v) is 15.8. The molecule has 13 atom stereocenters. The Morgan fingerprint density at radius 2 is 1.88 bits per heavy atom. The molecule has 0 bridgehead atoms. The summed E-state index contributed by atoms with van der Waals surface area (Å²) in [6.45, 7) is 3.96. The molecular formula is C31H41NO9S. The predicted molar refractivity (Wildman–Crippen MR) is 150 cm³/mol. The van der Waals surface area contributed by atoms with E-state index in [4.69, 9.17) is 23.9 Å². The maximum absolute atomic E-state index is 13.3. The quantitative estimate of drug-likeness (QED) is 0.244. The fourth-order valence-corrected chi connectivity index (χ4v) is 12.2. The molecule has 4 heterocycles. The molecule has 4 saturated carbocycles. The molecule has 6 fully saturated rings. The molecule has 10 nitrogen and oxygen atoms in total. The molecule has 11 heteroatoms. The summed E-state index contributed by atoms with van der Waals surface area (Å²) >= 11 is 1.54. The van der Waals surface area contributed by atoms with Crippen LogP contribution in [0.5, 0.6) is 0 Å². The summed E-state index contributed by atoms with van der Waals surface area (Å²) in [4.78, 5) is 29.0. The number of esters is 1. The number of nitrogens with zero attached hydrogens (tertiary/aromatic N) is 1. The lowest BCUT2D eigenvalue weighted by Gasteiger charge is -2.65. The third-order valence-corrected chi connectivity index (χ3v) is 14.4. The number of aliphatic hydroxyl groups is 3. The second-order valence-electron chi connectivity index (χ2n) is 14.5. The number of carbonyl (C=O) groups excluding carboxylic acids is 2. The number of rotatable bonds is 2. The first-order valence-electron chi connectivity index (χ1n) is 15.6. The minimum Gasteiger partial charge on any atom is -0.458 e. The summed E-state index contributed by atoms with van der Waals surface area (Å²) in [5, 5.41) is 36.7. The van der Waals surface area contributed by atoms with Crippen molar-refractivity contribution in [1.82, 2.24) is 0 Å². The van der Waals surface area contributed by atoms with Gasteiger partial charge in [0.15, 0.2) is 4.87 Å². The molecular weight excluding hydrogens is 562 g/mol. The monoisotopic (exact) mass is 603 g/mol. The second kappa shape index (κ2) is 8.89. The number of fused-ring (bicyclic) bond motifs is 8. The summed E-state index contributed by atoms with van der Waals surface area (Å²) in [5.74, 6) is -1.80. The van der Waals surface area contributed by atoms with E-state index in [2.05, 4.69) is 0 Å². The van der Waals surface area contributed by atoms with Crippen LogP contribution in [0.3, 0.4) is 0 Å². The first kappa shape index (κ1) is 28.2. The van der Waals surface area contributed by atoms with E-state index in [1.807, 2.05) is 20.1 Å². The summed E-state index contributed by atoms with van der Waals surface area (Å²) in [6, 6.07) is 0. The first-order valence-corrected chi connectivity index (χ1v) is 16.6. The molecule has 0 amide bonds. The zero-order chi connectivity index (χ0) is 29.3. The molecule has 230 valence electrons. The number of aliphatic imine (C=N–C) groups is 1. The van der Waals surface area contributed by atoms with Crippen molar-refractivity contribution in [3.63, 3.8) is 0 Å². The van der Waals surface area contributed by atoms with Crippen LogP contribution in [-0.4, -0.2) is 92.6 Å². The highest BCUT2D eigenvalue weighted by molar-refractivity contribution is 8.01. The third-order valence-electron chi connectivity index (χ3n) is 13.1. The number of hydrogen-bond acceptors (Lipinski definition) is 11. The van der Waals surface area contributed by atoms with Crippen LogP contribution in [-0.2, 0) is 28.5 Å². The smallest absolute Gasteiger partial charge is 0.331 e. The molecule has 2 saturated heterocycles. The fraction of sp³-hybridized carbons (Fsp3) is 0.839. The number of aldehydes is 1. The van der Waals surface area contributed by atoms with Crippen LogP contribution in [0.25, 0.3) is 0 Å². The zero-order valence-corrected chi connectivity index (χ0v) is 25.0. The first-order chi connectivity index (χ1) is 19.9. The third kappa shape index (κ3) is 3.26.